The zero-order valence-corrected chi connectivity index (χ0v) is 17.3. The second kappa shape index (κ2) is 9.70. The van der Waals surface area contributed by atoms with E-state index in [9.17, 15) is 0 Å². The Balaban J connectivity index is 0.00000242. The second-order valence-electron chi connectivity index (χ2n) is 6.19. The van der Waals surface area contributed by atoms with E-state index in [0.717, 1.165) is 41.6 Å². The fourth-order valence-corrected chi connectivity index (χ4v) is 3.99. The molecule has 6 heteroatoms. The predicted molar refractivity (Wildman–Crippen MR) is 106 cm³/mol. The van der Waals surface area contributed by atoms with E-state index >= 15 is 0 Å². The molecular weight excluding hydrogens is 407 g/mol. The highest BCUT2D eigenvalue weighted by atomic mass is 127. The van der Waals surface area contributed by atoms with Crippen LogP contribution in [0.5, 0.6) is 0 Å². The number of guanidine groups is 1. The molecule has 1 aliphatic carbocycles. The van der Waals surface area contributed by atoms with Crippen LogP contribution in [0, 0.1) is 25.7 Å². The molecule has 0 aromatic carbocycles. The van der Waals surface area contributed by atoms with Gasteiger partial charge in [-0.25, -0.2) is 4.98 Å². The average molecular weight is 436 g/mol. The summed E-state index contributed by atoms with van der Waals surface area (Å²) in [4.78, 5) is 10.1. The minimum absolute atomic E-state index is 0. The fraction of sp³-hybridized carbons (Fsp3) is 0.750. The molecule has 0 saturated heterocycles. The minimum Gasteiger partial charge on any atom is -0.356 e. The van der Waals surface area contributed by atoms with Crippen LogP contribution in [0.2, 0.25) is 0 Å². The number of thiazole rings is 1. The smallest absolute Gasteiger partial charge is 0.191 e. The molecule has 1 aromatic rings. The molecule has 1 aliphatic rings. The number of aryl methyl sites for hydroxylation is 2. The van der Waals surface area contributed by atoms with Gasteiger partial charge in [0.15, 0.2) is 5.96 Å². The Morgan fingerprint density at radius 2 is 2.09 bits per heavy atom. The summed E-state index contributed by atoms with van der Waals surface area (Å²) in [6.45, 7) is 8.33. The van der Waals surface area contributed by atoms with Gasteiger partial charge in [0.25, 0.3) is 0 Å². The highest BCUT2D eigenvalue weighted by Crippen LogP contribution is 2.27. The average Bonchev–Trinajstić information content (AvgIpc) is 2.77. The lowest BCUT2D eigenvalue weighted by Crippen LogP contribution is -2.40. The van der Waals surface area contributed by atoms with Crippen molar-refractivity contribution >= 4 is 41.3 Å². The lowest BCUT2D eigenvalue weighted by atomic mass is 9.82. The molecule has 2 N–H and O–H groups in total. The van der Waals surface area contributed by atoms with E-state index in [4.69, 9.17) is 0 Å². The normalized spacial score (nSPS) is 22.1. The maximum absolute atomic E-state index is 4.46. The van der Waals surface area contributed by atoms with Crippen molar-refractivity contribution in [2.45, 2.75) is 53.0 Å². The van der Waals surface area contributed by atoms with Gasteiger partial charge in [0, 0.05) is 18.5 Å². The molecule has 0 radical (unpaired) electrons. The summed E-state index contributed by atoms with van der Waals surface area (Å²) < 4.78 is 0. The van der Waals surface area contributed by atoms with Crippen LogP contribution in [0.1, 0.15) is 48.2 Å². The Labute approximate surface area is 155 Å². The van der Waals surface area contributed by atoms with Gasteiger partial charge in [0.1, 0.15) is 0 Å². The lowest BCUT2D eigenvalue weighted by Gasteiger charge is -2.27. The van der Waals surface area contributed by atoms with Gasteiger partial charge in [-0.05, 0) is 38.5 Å². The molecule has 1 fully saturated rings. The van der Waals surface area contributed by atoms with Crippen molar-refractivity contribution in [3.63, 3.8) is 0 Å². The first-order valence-electron chi connectivity index (χ1n) is 7.96. The molecule has 0 aliphatic heterocycles. The topological polar surface area (TPSA) is 49.3 Å². The van der Waals surface area contributed by atoms with Gasteiger partial charge in [-0.2, -0.15) is 0 Å². The van der Waals surface area contributed by atoms with E-state index in [-0.39, 0.29) is 24.0 Å². The minimum atomic E-state index is 0. The summed E-state index contributed by atoms with van der Waals surface area (Å²) in [5.41, 5.74) is 1.13. The molecule has 126 valence electrons. The van der Waals surface area contributed by atoms with E-state index in [2.05, 4.69) is 41.4 Å². The van der Waals surface area contributed by atoms with Gasteiger partial charge in [0.2, 0.25) is 0 Å². The van der Waals surface area contributed by atoms with E-state index in [1.54, 1.807) is 11.3 Å². The van der Waals surface area contributed by atoms with Crippen LogP contribution in [-0.4, -0.2) is 24.5 Å². The van der Waals surface area contributed by atoms with E-state index < -0.39 is 0 Å². The lowest BCUT2D eigenvalue weighted by molar-refractivity contribution is 0.282. The van der Waals surface area contributed by atoms with Crippen LogP contribution in [0.3, 0.4) is 0 Å². The van der Waals surface area contributed by atoms with Crippen molar-refractivity contribution in [1.29, 1.82) is 0 Å². The van der Waals surface area contributed by atoms with Gasteiger partial charge in [0.05, 0.1) is 17.2 Å². The quantitative estimate of drug-likeness (QED) is 0.428. The highest BCUT2D eigenvalue weighted by molar-refractivity contribution is 14.0. The van der Waals surface area contributed by atoms with Crippen molar-refractivity contribution in [3.8, 4) is 0 Å². The Morgan fingerprint density at radius 3 is 2.68 bits per heavy atom. The van der Waals surface area contributed by atoms with Gasteiger partial charge >= 0.3 is 0 Å². The van der Waals surface area contributed by atoms with Gasteiger partial charge in [-0.1, -0.05) is 19.8 Å². The van der Waals surface area contributed by atoms with Crippen LogP contribution in [0.4, 0.5) is 0 Å². The number of nitrogens with one attached hydrogen (secondary N) is 2. The maximum atomic E-state index is 4.46. The molecule has 22 heavy (non-hydrogen) atoms. The summed E-state index contributed by atoms with van der Waals surface area (Å²) in [7, 11) is 1.84. The number of nitrogens with zero attached hydrogens (tertiary/aromatic N) is 2. The van der Waals surface area contributed by atoms with E-state index in [0.29, 0.717) is 0 Å². The number of aromatic nitrogens is 1. The SMILES string of the molecule is CN=C(NCc1sc(C)nc1C)NCC1CCCC(C)C1.I. The first kappa shape index (κ1) is 19.7. The number of hydrogen-bond donors (Lipinski definition) is 2. The highest BCUT2D eigenvalue weighted by Gasteiger charge is 2.18. The summed E-state index contributed by atoms with van der Waals surface area (Å²) in [5, 5.41) is 8.01. The Bertz CT molecular complexity index is 486. The van der Waals surface area contributed by atoms with Crippen LogP contribution in [0.15, 0.2) is 4.99 Å². The zero-order chi connectivity index (χ0) is 15.2. The number of hydrogen-bond acceptors (Lipinski definition) is 3. The van der Waals surface area contributed by atoms with Crippen molar-refractivity contribution < 1.29 is 0 Å². The molecule has 0 spiro atoms. The zero-order valence-electron chi connectivity index (χ0n) is 14.1. The first-order valence-corrected chi connectivity index (χ1v) is 8.77. The molecule has 4 nitrogen and oxygen atoms in total. The predicted octanol–water partition coefficient (Wildman–Crippen LogP) is 3.87. The number of aliphatic imine (C=N–C) groups is 1. The van der Waals surface area contributed by atoms with Crippen LogP contribution in [0.25, 0.3) is 0 Å². The molecular formula is C16H29IN4S. The van der Waals surface area contributed by atoms with Gasteiger partial charge < -0.3 is 10.6 Å². The summed E-state index contributed by atoms with van der Waals surface area (Å²) in [6, 6.07) is 0. The third kappa shape index (κ3) is 6.02. The van der Waals surface area contributed by atoms with Gasteiger partial charge in [-0.3, -0.25) is 4.99 Å². The fourth-order valence-electron chi connectivity index (χ4n) is 3.11. The standard InChI is InChI=1S/C16H28N4S.HI/c1-11-6-5-7-14(8-11)9-18-16(17-4)19-10-15-12(2)20-13(3)21-15;/h11,14H,5-10H2,1-4H3,(H2,17,18,19);1H. The Morgan fingerprint density at radius 1 is 1.32 bits per heavy atom. The van der Waals surface area contributed by atoms with Crippen molar-refractivity contribution in [3.05, 3.63) is 15.6 Å². The van der Waals surface area contributed by atoms with Crippen LogP contribution in [-0.2, 0) is 6.54 Å². The number of halogens is 1. The number of rotatable bonds is 4. The third-order valence-electron chi connectivity index (χ3n) is 4.24. The Hall–Kier alpha value is -0.370. The molecule has 2 rings (SSSR count). The molecule has 2 atom stereocenters. The molecule has 1 aromatic heterocycles. The van der Waals surface area contributed by atoms with E-state index in [1.807, 2.05) is 7.05 Å². The largest absolute Gasteiger partial charge is 0.356 e. The molecule has 1 heterocycles. The van der Waals surface area contributed by atoms with E-state index in [1.165, 1.54) is 30.6 Å². The molecule has 1 saturated carbocycles. The summed E-state index contributed by atoms with van der Waals surface area (Å²) in [5.74, 6) is 2.57. The monoisotopic (exact) mass is 436 g/mol. The Kier molecular flexibility index (Phi) is 8.67. The third-order valence-corrected chi connectivity index (χ3v) is 5.32. The van der Waals surface area contributed by atoms with Crippen molar-refractivity contribution in [2.24, 2.45) is 16.8 Å². The molecule has 0 bridgehead atoms. The summed E-state index contributed by atoms with van der Waals surface area (Å²) in [6.07, 6.45) is 5.46. The second-order valence-corrected chi connectivity index (χ2v) is 7.47. The first-order chi connectivity index (χ1) is 10.1. The van der Waals surface area contributed by atoms with Gasteiger partial charge in [-0.15, -0.1) is 35.3 Å². The van der Waals surface area contributed by atoms with Crippen molar-refractivity contribution in [1.82, 2.24) is 15.6 Å². The summed E-state index contributed by atoms with van der Waals surface area (Å²) >= 11 is 1.76. The molecule has 0 amide bonds. The van der Waals surface area contributed by atoms with Crippen LogP contribution < -0.4 is 10.6 Å². The van der Waals surface area contributed by atoms with Crippen molar-refractivity contribution in [2.75, 3.05) is 13.6 Å². The maximum Gasteiger partial charge on any atom is 0.191 e. The molecule has 2 unspecified atom stereocenters. The van der Waals surface area contributed by atoms with Crippen LogP contribution >= 0.6 is 35.3 Å².